The molecule has 0 radical (unpaired) electrons. The van der Waals surface area contributed by atoms with Gasteiger partial charge in [0.05, 0.1) is 26.4 Å². The largest absolute Gasteiger partial charge is 0.472 e. The molecule has 0 aliphatic carbocycles. The lowest BCUT2D eigenvalue weighted by Crippen LogP contribution is -2.30. The van der Waals surface area contributed by atoms with Crippen molar-refractivity contribution >= 4 is 39.5 Å². The third-order valence-corrected chi connectivity index (χ3v) is 19.1. The fourth-order valence-electron chi connectivity index (χ4n) is 11.0. The van der Waals surface area contributed by atoms with Crippen LogP contribution >= 0.6 is 15.6 Å². The van der Waals surface area contributed by atoms with E-state index in [-0.39, 0.29) is 25.7 Å². The van der Waals surface area contributed by atoms with E-state index in [1.807, 2.05) is 0 Å². The van der Waals surface area contributed by atoms with Gasteiger partial charge in [0.1, 0.15) is 19.3 Å². The molecule has 0 rings (SSSR count). The molecular weight excluding hydrogens is 1210 g/mol. The van der Waals surface area contributed by atoms with Crippen LogP contribution in [0.2, 0.25) is 0 Å². The summed E-state index contributed by atoms with van der Waals surface area (Å²) in [6, 6.07) is 0. The average molecular weight is 1350 g/mol. The van der Waals surface area contributed by atoms with Crippen molar-refractivity contribution in [2.75, 3.05) is 39.6 Å². The van der Waals surface area contributed by atoms with E-state index >= 15 is 0 Å². The molecule has 0 aromatic heterocycles. The van der Waals surface area contributed by atoms with Crippen molar-refractivity contribution in [1.82, 2.24) is 0 Å². The molecular formula is C73H142O17P2. The fraction of sp³-hybridized carbons (Fsp3) is 0.945. The second-order valence-electron chi connectivity index (χ2n) is 28.0. The van der Waals surface area contributed by atoms with Gasteiger partial charge in [0.15, 0.2) is 12.2 Å². The van der Waals surface area contributed by atoms with Gasteiger partial charge < -0.3 is 33.8 Å². The Hall–Kier alpha value is -1.94. The Kier molecular flexibility index (Phi) is 61.3. The molecule has 17 nitrogen and oxygen atoms in total. The lowest BCUT2D eigenvalue weighted by molar-refractivity contribution is -0.161. The molecule has 0 heterocycles. The molecule has 0 amide bonds. The van der Waals surface area contributed by atoms with Crippen LogP contribution in [0.4, 0.5) is 0 Å². The number of aliphatic hydroxyl groups is 1. The summed E-state index contributed by atoms with van der Waals surface area (Å²) in [6.07, 6.45) is 45.9. The van der Waals surface area contributed by atoms with Gasteiger partial charge in [-0.2, -0.15) is 0 Å². The van der Waals surface area contributed by atoms with Gasteiger partial charge in [-0.3, -0.25) is 37.3 Å². The number of phosphoric ester groups is 2. The average Bonchev–Trinajstić information content (AvgIpc) is 3.72. The molecule has 92 heavy (non-hydrogen) atoms. The fourth-order valence-corrected chi connectivity index (χ4v) is 12.6. The van der Waals surface area contributed by atoms with Crippen LogP contribution in [0.25, 0.3) is 0 Å². The predicted octanol–water partition coefficient (Wildman–Crippen LogP) is 20.9. The number of esters is 4. The summed E-state index contributed by atoms with van der Waals surface area (Å²) >= 11 is 0. The van der Waals surface area contributed by atoms with Crippen LogP contribution < -0.4 is 0 Å². The van der Waals surface area contributed by atoms with Gasteiger partial charge in [-0.25, -0.2) is 9.13 Å². The third-order valence-electron chi connectivity index (χ3n) is 17.2. The summed E-state index contributed by atoms with van der Waals surface area (Å²) in [7, 11) is -9.91. The van der Waals surface area contributed by atoms with Crippen molar-refractivity contribution in [2.45, 2.75) is 382 Å². The van der Waals surface area contributed by atoms with E-state index in [1.54, 1.807) is 0 Å². The Morgan fingerprint density at radius 3 is 0.772 bits per heavy atom. The molecule has 0 aromatic rings. The first-order valence-electron chi connectivity index (χ1n) is 37.7. The van der Waals surface area contributed by atoms with Gasteiger partial charge in [0, 0.05) is 25.7 Å². The summed E-state index contributed by atoms with van der Waals surface area (Å²) in [6.45, 7) is 14.1. The zero-order valence-electron chi connectivity index (χ0n) is 60.2. The summed E-state index contributed by atoms with van der Waals surface area (Å²) in [5, 5.41) is 10.6. The second kappa shape index (κ2) is 62.6. The monoisotopic (exact) mass is 1350 g/mol. The maximum Gasteiger partial charge on any atom is 0.472 e. The highest BCUT2D eigenvalue weighted by Gasteiger charge is 2.30. The van der Waals surface area contributed by atoms with Crippen LogP contribution in [0.1, 0.15) is 364 Å². The van der Waals surface area contributed by atoms with Crippen molar-refractivity contribution in [1.29, 1.82) is 0 Å². The van der Waals surface area contributed by atoms with Crippen LogP contribution in [0.3, 0.4) is 0 Å². The van der Waals surface area contributed by atoms with Crippen LogP contribution in [-0.4, -0.2) is 96.7 Å². The van der Waals surface area contributed by atoms with Crippen LogP contribution in [-0.2, 0) is 65.4 Å². The molecule has 0 aliphatic heterocycles. The number of rotatable bonds is 70. The van der Waals surface area contributed by atoms with Crippen molar-refractivity contribution in [3.63, 3.8) is 0 Å². The highest BCUT2D eigenvalue weighted by molar-refractivity contribution is 7.47. The molecule has 546 valence electrons. The number of hydrogen-bond acceptors (Lipinski definition) is 15. The van der Waals surface area contributed by atoms with E-state index in [1.165, 1.54) is 154 Å². The van der Waals surface area contributed by atoms with Gasteiger partial charge in [0.25, 0.3) is 0 Å². The smallest absolute Gasteiger partial charge is 0.462 e. The zero-order chi connectivity index (χ0) is 68.2. The normalized spacial score (nSPS) is 14.5. The quantitative estimate of drug-likeness (QED) is 0.0222. The number of aliphatic hydroxyl groups excluding tert-OH is 1. The number of carbonyl (C=O) groups is 4. The van der Waals surface area contributed by atoms with Gasteiger partial charge >= 0.3 is 39.5 Å². The van der Waals surface area contributed by atoms with Crippen molar-refractivity contribution in [3.8, 4) is 0 Å². The van der Waals surface area contributed by atoms with Crippen molar-refractivity contribution in [3.05, 3.63) is 0 Å². The molecule has 0 saturated carbocycles. The van der Waals surface area contributed by atoms with Gasteiger partial charge in [0.2, 0.25) is 0 Å². The minimum absolute atomic E-state index is 0.105. The zero-order valence-corrected chi connectivity index (χ0v) is 62.0. The lowest BCUT2D eigenvalue weighted by atomic mass is 10.00. The molecule has 3 unspecified atom stereocenters. The number of ether oxygens (including phenoxy) is 4. The van der Waals surface area contributed by atoms with Crippen LogP contribution in [0.5, 0.6) is 0 Å². The molecule has 0 spiro atoms. The summed E-state index contributed by atoms with van der Waals surface area (Å²) in [5.41, 5.74) is 0. The molecule has 0 saturated heterocycles. The maximum absolute atomic E-state index is 13.0. The van der Waals surface area contributed by atoms with Gasteiger partial charge in [-0.1, -0.05) is 312 Å². The second-order valence-corrected chi connectivity index (χ2v) is 30.9. The van der Waals surface area contributed by atoms with Gasteiger partial charge in [-0.05, 0) is 49.4 Å². The van der Waals surface area contributed by atoms with Crippen molar-refractivity contribution in [2.24, 2.45) is 23.7 Å². The standard InChI is InChI=1S/C73H142O17P2/c1-9-66(8)52-44-36-31-32-38-46-54-71(76)84-60-69(90-73(78)56-48-40-29-23-19-15-14-17-21-26-34-42-50-64(4)5)62-88-92(81,82)86-58-67(74)57-85-91(79,80)87-61-68(59-83-70(75)53-45-37-30-24-27-35-43-51-65(6)7)89-72(77)55-47-39-28-22-18-13-11-10-12-16-20-25-33-41-49-63(2)3/h63-69,74H,9-62H2,1-8H3,(H,79,80)(H,81,82)/t66?,67-,68-,69-/m1/s1. The first-order chi connectivity index (χ1) is 44.1. The summed E-state index contributed by atoms with van der Waals surface area (Å²) in [4.78, 5) is 72.6. The number of hydrogen-bond donors (Lipinski definition) is 3. The lowest BCUT2D eigenvalue weighted by Gasteiger charge is -2.21. The van der Waals surface area contributed by atoms with E-state index in [9.17, 15) is 43.2 Å². The predicted molar refractivity (Wildman–Crippen MR) is 372 cm³/mol. The first-order valence-corrected chi connectivity index (χ1v) is 40.7. The van der Waals surface area contributed by atoms with Crippen LogP contribution in [0.15, 0.2) is 0 Å². The SMILES string of the molecule is CCC(C)CCCCCCCCC(=O)OC[C@H](COP(=O)(O)OC[C@H](O)COP(=O)(O)OC[C@@H](COC(=O)CCCCCCCCCC(C)C)OC(=O)CCCCCCCCCCCCCCCCC(C)C)OC(=O)CCCCCCCCCCCCCCC(C)C. The Morgan fingerprint density at radius 2 is 0.522 bits per heavy atom. The first kappa shape index (κ1) is 90.1. The topological polar surface area (TPSA) is 237 Å². The van der Waals surface area contributed by atoms with Crippen LogP contribution in [0, 0.1) is 23.7 Å². The Morgan fingerprint density at radius 1 is 0.304 bits per heavy atom. The van der Waals surface area contributed by atoms with E-state index in [0.717, 1.165) is 120 Å². The molecule has 0 fully saturated rings. The minimum atomic E-state index is -4.95. The van der Waals surface area contributed by atoms with E-state index in [4.69, 9.17) is 37.0 Å². The molecule has 6 atom stereocenters. The summed E-state index contributed by atoms with van der Waals surface area (Å²) < 4.78 is 68.4. The Balaban J connectivity index is 5.23. The third kappa shape index (κ3) is 65.4. The maximum atomic E-state index is 13.0. The van der Waals surface area contributed by atoms with Crippen molar-refractivity contribution < 1.29 is 80.2 Å². The minimum Gasteiger partial charge on any atom is -0.462 e. The molecule has 0 bridgehead atoms. The highest BCUT2D eigenvalue weighted by atomic mass is 31.2. The van der Waals surface area contributed by atoms with E-state index in [2.05, 4.69) is 55.4 Å². The van der Waals surface area contributed by atoms with Gasteiger partial charge in [-0.15, -0.1) is 0 Å². The number of phosphoric acid groups is 2. The Bertz CT molecular complexity index is 1820. The Labute approximate surface area is 562 Å². The van der Waals surface area contributed by atoms with E-state index in [0.29, 0.717) is 31.6 Å². The number of unbranched alkanes of at least 4 members (excludes halogenated alkanes) is 35. The highest BCUT2D eigenvalue weighted by Crippen LogP contribution is 2.45. The molecule has 0 aromatic carbocycles. The summed E-state index contributed by atoms with van der Waals surface area (Å²) in [5.74, 6) is 0.881. The molecule has 3 N–H and O–H groups in total. The molecule has 0 aliphatic rings. The van der Waals surface area contributed by atoms with E-state index < -0.39 is 97.5 Å². The molecule has 19 heteroatoms. The number of carbonyl (C=O) groups excluding carboxylic acids is 4.